The lowest BCUT2D eigenvalue weighted by molar-refractivity contribution is -0.119. The number of carbonyl (C=O) groups is 1. The summed E-state index contributed by atoms with van der Waals surface area (Å²) in [6.07, 6.45) is 1.70. The van der Waals surface area contributed by atoms with Gasteiger partial charge in [0, 0.05) is 18.0 Å². The highest BCUT2D eigenvalue weighted by Crippen LogP contribution is 2.40. The Balaban J connectivity index is 1.90. The maximum Gasteiger partial charge on any atom is 0.246 e. The van der Waals surface area contributed by atoms with Crippen molar-refractivity contribution in [1.82, 2.24) is 9.97 Å². The molecule has 4 rings (SSSR count). The fourth-order valence-corrected chi connectivity index (χ4v) is 2.59. The lowest BCUT2D eigenvalue weighted by atomic mass is 9.86. The Bertz CT molecular complexity index is 866. The summed E-state index contributed by atoms with van der Waals surface area (Å²) in [4.78, 5) is 20.7. The van der Waals surface area contributed by atoms with Crippen LogP contribution >= 0.6 is 0 Å². The minimum Gasteiger partial charge on any atom is -0.435 e. The maximum absolute atomic E-state index is 12.0. The van der Waals surface area contributed by atoms with Crippen molar-refractivity contribution in [2.45, 2.75) is 19.3 Å². The Morgan fingerprint density at radius 2 is 2.10 bits per heavy atom. The van der Waals surface area contributed by atoms with Crippen LogP contribution in [-0.2, 0) is 10.2 Å². The Kier molecular flexibility index (Phi) is 2.25. The van der Waals surface area contributed by atoms with E-state index in [-0.39, 0.29) is 5.91 Å². The minimum absolute atomic E-state index is 0.00453. The molecule has 21 heavy (non-hydrogen) atoms. The molecule has 0 unspecified atom stereocenters. The molecule has 0 fully saturated rings. The fourth-order valence-electron chi connectivity index (χ4n) is 2.59. The summed E-state index contributed by atoms with van der Waals surface area (Å²) in [6.45, 7) is 3.81. The molecule has 1 N–H and O–H groups in total. The van der Waals surface area contributed by atoms with Crippen LogP contribution in [0.2, 0.25) is 0 Å². The van der Waals surface area contributed by atoms with Crippen LogP contribution in [0.5, 0.6) is 0 Å². The van der Waals surface area contributed by atoms with Crippen molar-refractivity contribution >= 4 is 22.7 Å². The average Bonchev–Trinajstić information content (AvgIpc) is 2.98. The van der Waals surface area contributed by atoms with Gasteiger partial charge in [0.1, 0.15) is 11.2 Å². The van der Waals surface area contributed by atoms with E-state index < -0.39 is 5.41 Å². The van der Waals surface area contributed by atoms with Gasteiger partial charge in [-0.2, -0.15) is 0 Å². The van der Waals surface area contributed by atoms with Crippen LogP contribution in [0.3, 0.4) is 0 Å². The minimum atomic E-state index is -0.548. The van der Waals surface area contributed by atoms with Crippen molar-refractivity contribution in [3.63, 3.8) is 0 Å². The molecular weight excluding hydrogens is 266 g/mol. The first-order valence-electron chi connectivity index (χ1n) is 6.73. The van der Waals surface area contributed by atoms with Crippen LogP contribution < -0.4 is 5.32 Å². The van der Waals surface area contributed by atoms with Crippen molar-refractivity contribution < 1.29 is 9.21 Å². The second-order valence-electron chi connectivity index (χ2n) is 5.68. The molecule has 0 aliphatic carbocycles. The predicted octanol–water partition coefficient (Wildman–Crippen LogP) is 3.12. The summed E-state index contributed by atoms with van der Waals surface area (Å²) >= 11 is 0. The summed E-state index contributed by atoms with van der Waals surface area (Å²) in [5.41, 5.74) is 3.26. The van der Waals surface area contributed by atoms with Crippen LogP contribution in [0.15, 0.2) is 40.9 Å². The zero-order valence-corrected chi connectivity index (χ0v) is 11.7. The smallest absolute Gasteiger partial charge is 0.246 e. The van der Waals surface area contributed by atoms with Gasteiger partial charge in [0.05, 0.1) is 5.41 Å². The molecule has 1 aromatic carbocycles. The molecule has 0 saturated heterocycles. The van der Waals surface area contributed by atoms with E-state index in [1.54, 1.807) is 6.20 Å². The monoisotopic (exact) mass is 279 g/mol. The zero-order valence-electron chi connectivity index (χ0n) is 11.7. The number of benzene rings is 1. The predicted molar refractivity (Wildman–Crippen MR) is 78.9 cm³/mol. The SMILES string of the molecule is CC1(C)C(=O)Nc2cc3oc(-c4ccccn4)nc3cc21. The average molecular weight is 279 g/mol. The highest BCUT2D eigenvalue weighted by atomic mass is 16.3. The molecular formula is C16H13N3O2. The quantitative estimate of drug-likeness (QED) is 0.743. The van der Waals surface area contributed by atoms with Gasteiger partial charge < -0.3 is 9.73 Å². The lowest BCUT2D eigenvalue weighted by Gasteiger charge is -2.14. The Hall–Kier alpha value is -2.69. The van der Waals surface area contributed by atoms with Gasteiger partial charge in [0.2, 0.25) is 11.8 Å². The van der Waals surface area contributed by atoms with E-state index in [4.69, 9.17) is 4.42 Å². The van der Waals surface area contributed by atoms with E-state index in [1.807, 2.05) is 44.2 Å². The van der Waals surface area contributed by atoms with Crippen molar-refractivity contribution in [2.75, 3.05) is 5.32 Å². The van der Waals surface area contributed by atoms with Gasteiger partial charge in [0.25, 0.3) is 0 Å². The van der Waals surface area contributed by atoms with Crippen LogP contribution in [-0.4, -0.2) is 15.9 Å². The number of fused-ring (bicyclic) bond motifs is 2. The maximum atomic E-state index is 12.0. The van der Waals surface area contributed by atoms with Crippen molar-refractivity contribution in [3.05, 3.63) is 42.1 Å². The molecule has 0 spiro atoms. The normalized spacial score (nSPS) is 16.0. The third kappa shape index (κ3) is 1.67. The van der Waals surface area contributed by atoms with Crippen molar-refractivity contribution in [1.29, 1.82) is 0 Å². The van der Waals surface area contributed by atoms with Crippen LogP contribution in [0.1, 0.15) is 19.4 Å². The second kappa shape index (κ2) is 3.91. The first kappa shape index (κ1) is 12.1. The molecule has 3 aromatic rings. The van der Waals surface area contributed by atoms with Gasteiger partial charge in [-0.1, -0.05) is 6.07 Å². The number of pyridine rings is 1. The highest BCUT2D eigenvalue weighted by molar-refractivity contribution is 6.07. The lowest BCUT2D eigenvalue weighted by Crippen LogP contribution is -2.26. The third-order valence-corrected chi connectivity index (χ3v) is 3.90. The van der Waals surface area contributed by atoms with Crippen molar-refractivity contribution in [3.8, 4) is 11.6 Å². The third-order valence-electron chi connectivity index (χ3n) is 3.90. The summed E-state index contributed by atoms with van der Waals surface area (Å²) in [5.74, 6) is 0.480. The molecule has 104 valence electrons. The van der Waals surface area contributed by atoms with Crippen LogP contribution in [0.25, 0.3) is 22.7 Å². The van der Waals surface area contributed by atoms with E-state index in [2.05, 4.69) is 15.3 Å². The highest BCUT2D eigenvalue weighted by Gasteiger charge is 2.39. The van der Waals surface area contributed by atoms with E-state index in [9.17, 15) is 4.79 Å². The molecule has 5 nitrogen and oxygen atoms in total. The molecule has 0 bridgehead atoms. The van der Waals surface area contributed by atoms with Gasteiger partial charge in [-0.05, 0) is 37.6 Å². The molecule has 3 heterocycles. The van der Waals surface area contributed by atoms with Crippen molar-refractivity contribution in [2.24, 2.45) is 0 Å². The number of aromatic nitrogens is 2. The number of nitrogens with zero attached hydrogens (tertiary/aromatic N) is 2. The molecule has 1 aliphatic heterocycles. The molecule has 1 amide bonds. The summed E-state index contributed by atoms with van der Waals surface area (Å²) < 4.78 is 5.76. The van der Waals surface area contributed by atoms with Gasteiger partial charge in [0.15, 0.2) is 5.58 Å². The largest absolute Gasteiger partial charge is 0.435 e. The van der Waals surface area contributed by atoms with Crippen LogP contribution in [0.4, 0.5) is 5.69 Å². The number of amides is 1. The Morgan fingerprint density at radius 3 is 2.86 bits per heavy atom. The molecule has 0 radical (unpaired) electrons. The number of hydrogen-bond acceptors (Lipinski definition) is 4. The Labute approximate surface area is 121 Å². The molecule has 1 aliphatic rings. The summed E-state index contributed by atoms with van der Waals surface area (Å²) in [7, 11) is 0. The van der Waals surface area contributed by atoms with Gasteiger partial charge in [-0.25, -0.2) is 4.98 Å². The molecule has 0 atom stereocenters. The Morgan fingerprint density at radius 1 is 1.24 bits per heavy atom. The van der Waals surface area contributed by atoms with Crippen LogP contribution in [0, 0.1) is 0 Å². The number of hydrogen-bond donors (Lipinski definition) is 1. The topological polar surface area (TPSA) is 68.0 Å². The van der Waals surface area contributed by atoms with Gasteiger partial charge in [-0.15, -0.1) is 0 Å². The first-order chi connectivity index (χ1) is 10.1. The second-order valence-corrected chi connectivity index (χ2v) is 5.68. The van der Waals surface area contributed by atoms with E-state index >= 15 is 0 Å². The van der Waals surface area contributed by atoms with E-state index in [0.29, 0.717) is 17.2 Å². The number of anilines is 1. The summed E-state index contributed by atoms with van der Waals surface area (Å²) in [6, 6.07) is 9.33. The fraction of sp³-hybridized carbons (Fsp3) is 0.188. The number of oxazole rings is 1. The molecule has 2 aromatic heterocycles. The van der Waals surface area contributed by atoms with Gasteiger partial charge in [-0.3, -0.25) is 9.78 Å². The number of carbonyl (C=O) groups excluding carboxylic acids is 1. The zero-order chi connectivity index (χ0) is 14.6. The van der Waals surface area contributed by atoms with E-state index in [0.717, 1.165) is 16.8 Å². The number of rotatable bonds is 1. The van der Waals surface area contributed by atoms with E-state index in [1.165, 1.54) is 0 Å². The first-order valence-corrected chi connectivity index (χ1v) is 6.73. The standard InChI is InChI=1S/C16H13N3O2/c1-16(2)9-7-12-13(8-11(9)19-15(16)20)21-14(18-12)10-5-3-4-6-17-10/h3-8H,1-2H3,(H,19,20). The number of nitrogens with one attached hydrogen (secondary N) is 1. The molecule has 5 heteroatoms. The molecule has 0 saturated carbocycles. The summed E-state index contributed by atoms with van der Waals surface area (Å²) in [5, 5.41) is 2.89. The van der Waals surface area contributed by atoms with Gasteiger partial charge >= 0.3 is 0 Å².